The Kier molecular flexibility index (Phi) is 5.53. The van der Waals surface area contributed by atoms with Crippen LogP contribution in [0.5, 0.6) is 0 Å². The molecule has 0 aromatic heterocycles. The standard InChI is InChI=1S/C18H36N2/c1-12(2)17-11-20(18(10-19-17)13(3)4)16-8-14(5)7-15(6)9-16/h12-19H,7-11H2,1-6H3. The summed E-state index contributed by atoms with van der Waals surface area (Å²) in [6.07, 6.45) is 4.26. The number of rotatable bonds is 3. The first kappa shape index (κ1) is 16.3. The third kappa shape index (κ3) is 3.76. The van der Waals surface area contributed by atoms with E-state index in [-0.39, 0.29) is 0 Å². The maximum absolute atomic E-state index is 3.80. The van der Waals surface area contributed by atoms with Gasteiger partial charge in [0.15, 0.2) is 0 Å². The molecular formula is C18H36N2. The van der Waals surface area contributed by atoms with E-state index in [1.165, 1.54) is 32.4 Å². The zero-order chi connectivity index (χ0) is 14.9. The third-order valence-corrected chi connectivity index (χ3v) is 5.62. The monoisotopic (exact) mass is 280 g/mol. The highest BCUT2D eigenvalue weighted by Crippen LogP contribution is 2.34. The number of hydrogen-bond donors (Lipinski definition) is 1. The number of nitrogens with one attached hydrogen (secondary N) is 1. The first-order valence-corrected chi connectivity index (χ1v) is 8.87. The first-order valence-electron chi connectivity index (χ1n) is 8.87. The van der Waals surface area contributed by atoms with Gasteiger partial charge >= 0.3 is 0 Å². The average molecular weight is 281 g/mol. The fraction of sp³-hybridized carbons (Fsp3) is 1.00. The summed E-state index contributed by atoms with van der Waals surface area (Å²) in [6, 6.07) is 2.23. The maximum atomic E-state index is 3.80. The maximum Gasteiger partial charge on any atom is 0.0247 e. The lowest BCUT2D eigenvalue weighted by Crippen LogP contribution is -2.63. The van der Waals surface area contributed by atoms with E-state index >= 15 is 0 Å². The molecule has 1 aliphatic carbocycles. The smallest absolute Gasteiger partial charge is 0.0247 e. The van der Waals surface area contributed by atoms with Crippen LogP contribution in [0.1, 0.15) is 60.8 Å². The molecule has 2 aliphatic rings. The van der Waals surface area contributed by atoms with Gasteiger partial charge in [0, 0.05) is 31.2 Å². The molecule has 118 valence electrons. The van der Waals surface area contributed by atoms with E-state index in [1.807, 2.05) is 0 Å². The summed E-state index contributed by atoms with van der Waals surface area (Å²) < 4.78 is 0. The molecule has 0 aromatic carbocycles. The molecule has 20 heavy (non-hydrogen) atoms. The Morgan fingerprint density at radius 1 is 0.900 bits per heavy atom. The molecule has 4 atom stereocenters. The van der Waals surface area contributed by atoms with Gasteiger partial charge in [-0.3, -0.25) is 4.90 Å². The molecule has 1 aliphatic heterocycles. The van der Waals surface area contributed by atoms with Gasteiger partial charge in [-0.15, -0.1) is 0 Å². The highest BCUT2D eigenvalue weighted by Gasteiger charge is 2.37. The van der Waals surface area contributed by atoms with Crippen LogP contribution < -0.4 is 5.32 Å². The second kappa shape index (κ2) is 6.79. The van der Waals surface area contributed by atoms with Gasteiger partial charge in [-0.1, -0.05) is 41.5 Å². The summed E-state index contributed by atoms with van der Waals surface area (Å²) in [5.74, 6) is 3.31. The molecule has 4 unspecified atom stereocenters. The Bertz CT molecular complexity index is 290. The van der Waals surface area contributed by atoms with Crippen molar-refractivity contribution in [3.63, 3.8) is 0 Å². The molecule has 0 spiro atoms. The molecule has 0 bridgehead atoms. The van der Waals surface area contributed by atoms with Crippen LogP contribution >= 0.6 is 0 Å². The van der Waals surface area contributed by atoms with Crippen molar-refractivity contribution in [3.05, 3.63) is 0 Å². The lowest BCUT2D eigenvalue weighted by molar-refractivity contribution is 0.0127. The van der Waals surface area contributed by atoms with Crippen LogP contribution in [0.15, 0.2) is 0 Å². The van der Waals surface area contributed by atoms with Gasteiger partial charge in [0.05, 0.1) is 0 Å². The van der Waals surface area contributed by atoms with E-state index in [2.05, 4.69) is 51.8 Å². The van der Waals surface area contributed by atoms with Crippen molar-refractivity contribution < 1.29 is 0 Å². The summed E-state index contributed by atoms with van der Waals surface area (Å²) in [5, 5.41) is 3.80. The van der Waals surface area contributed by atoms with Gasteiger partial charge in [0.2, 0.25) is 0 Å². The van der Waals surface area contributed by atoms with Gasteiger partial charge in [-0.25, -0.2) is 0 Å². The van der Waals surface area contributed by atoms with Gasteiger partial charge in [-0.2, -0.15) is 0 Å². The zero-order valence-corrected chi connectivity index (χ0v) is 14.5. The molecule has 2 rings (SSSR count). The number of piperazine rings is 1. The van der Waals surface area contributed by atoms with Gasteiger partial charge < -0.3 is 5.32 Å². The Morgan fingerprint density at radius 2 is 1.50 bits per heavy atom. The number of nitrogens with zero attached hydrogens (tertiary/aromatic N) is 1. The predicted molar refractivity (Wildman–Crippen MR) is 87.9 cm³/mol. The molecular weight excluding hydrogens is 244 g/mol. The van der Waals surface area contributed by atoms with Gasteiger partial charge in [0.1, 0.15) is 0 Å². The van der Waals surface area contributed by atoms with E-state index in [0.717, 1.165) is 35.8 Å². The summed E-state index contributed by atoms with van der Waals surface area (Å²) >= 11 is 0. The third-order valence-electron chi connectivity index (χ3n) is 5.62. The van der Waals surface area contributed by atoms with Crippen molar-refractivity contribution in [2.75, 3.05) is 13.1 Å². The van der Waals surface area contributed by atoms with E-state index in [4.69, 9.17) is 0 Å². The zero-order valence-electron chi connectivity index (χ0n) is 14.5. The summed E-state index contributed by atoms with van der Waals surface area (Å²) in [7, 11) is 0. The minimum atomic E-state index is 0.678. The fourth-order valence-corrected chi connectivity index (χ4v) is 4.48. The van der Waals surface area contributed by atoms with E-state index < -0.39 is 0 Å². The molecule has 1 saturated carbocycles. The van der Waals surface area contributed by atoms with Crippen molar-refractivity contribution in [2.45, 2.75) is 78.9 Å². The molecule has 1 saturated heterocycles. The van der Waals surface area contributed by atoms with Crippen LogP contribution in [0.3, 0.4) is 0 Å². The van der Waals surface area contributed by atoms with Crippen LogP contribution in [0, 0.1) is 23.7 Å². The topological polar surface area (TPSA) is 15.3 Å². The predicted octanol–water partition coefficient (Wildman–Crippen LogP) is 3.77. The van der Waals surface area contributed by atoms with Crippen LogP contribution in [0.4, 0.5) is 0 Å². The Balaban J connectivity index is 2.10. The largest absolute Gasteiger partial charge is 0.311 e. The Labute approximate surface area is 126 Å². The van der Waals surface area contributed by atoms with Crippen molar-refractivity contribution in [1.82, 2.24) is 10.2 Å². The highest BCUT2D eigenvalue weighted by atomic mass is 15.3. The van der Waals surface area contributed by atoms with Gasteiger partial charge in [0.25, 0.3) is 0 Å². The highest BCUT2D eigenvalue weighted by molar-refractivity contribution is 4.94. The van der Waals surface area contributed by atoms with Crippen molar-refractivity contribution >= 4 is 0 Å². The minimum absolute atomic E-state index is 0.678. The Morgan fingerprint density at radius 3 is 2.00 bits per heavy atom. The summed E-state index contributed by atoms with van der Waals surface area (Å²) in [6.45, 7) is 16.8. The molecule has 1 heterocycles. The Hall–Kier alpha value is -0.0800. The molecule has 0 radical (unpaired) electrons. The normalized spacial score (nSPS) is 40.5. The second-order valence-corrected chi connectivity index (χ2v) is 8.34. The number of hydrogen-bond acceptors (Lipinski definition) is 2. The van der Waals surface area contributed by atoms with Crippen molar-refractivity contribution in [3.8, 4) is 0 Å². The molecule has 2 nitrogen and oxygen atoms in total. The van der Waals surface area contributed by atoms with Crippen LogP contribution in [0.2, 0.25) is 0 Å². The molecule has 1 N–H and O–H groups in total. The quantitative estimate of drug-likeness (QED) is 0.846. The molecule has 0 aromatic rings. The summed E-state index contributed by atoms with van der Waals surface area (Å²) in [4.78, 5) is 2.89. The minimum Gasteiger partial charge on any atom is -0.311 e. The molecule has 0 amide bonds. The fourth-order valence-electron chi connectivity index (χ4n) is 4.48. The SMILES string of the molecule is CC1CC(C)CC(N2CC(C(C)C)NCC2C(C)C)C1. The van der Waals surface area contributed by atoms with E-state index in [1.54, 1.807) is 0 Å². The molecule has 2 fully saturated rings. The summed E-state index contributed by atoms with van der Waals surface area (Å²) in [5.41, 5.74) is 0. The van der Waals surface area contributed by atoms with Gasteiger partial charge in [-0.05, 0) is 42.9 Å². The van der Waals surface area contributed by atoms with Crippen LogP contribution in [-0.2, 0) is 0 Å². The molecule has 2 heteroatoms. The van der Waals surface area contributed by atoms with Crippen molar-refractivity contribution in [1.29, 1.82) is 0 Å². The van der Waals surface area contributed by atoms with Crippen molar-refractivity contribution in [2.24, 2.45) is 23.7 Å². The van der Waals surface area contributed by atoms with E-state index in [0.29, 0.717) is 6.04 Å². The van der Waals surface area contributed by atoms with E-state index in [9.17, 15) is 0 Å². The van der Waals surface area contributed by atoms with Crippen LogP contribution in [0.25, 0.3) is 0 Å². The first-order chi connectivity index (χ1) is 9.38. The second-order valence-electron chi connectivity index (χ2n) is 8.34. The lowest BCUT2D eigenvalue weighted by Gasteiger charge is -2.50. The van der Waals surface area contributed by atoms with Crippen LogP contribution in [-0.4, -0.2) is 36.1 Å². The average Bonchev–Trinajstić information content (AvgIpc) is 2.36. The lowest BCUT2D eigenvalue weighted by atomic mass is 9.78.